The first-order valence-electron chi connectivity index (χ1n) is 8.66. The van der Waals surface area contributed by atoms with E-state index < -0.39 is 0 Å². The van der Waals surface area contributed by atoms with E-state index >= 15 is 0 Å². The third-order valence-electron chi connectivity index (χ3n) is 4.04. The van der Waals surface area contributed by atoms with Gasteiger partial charge in [0, 0.05) is 32.8 Å². The lowest BCUT2D eigenvalue weighted by Gasteiger charge is -2.34. The maximum absolute atomic E-state index is 12.9. The monoisotopic (exact) mass is 351 g/mol. The Labute approximate surface area is 147 Å². The molecule has 1 heterocycles. The first-order chi connectivity index (χ1) is 12.0. The second-order valence-electron chi connectivity index (χ2n) is 6.23. The standard InChI is InChI=1S/C18H26FN3O3/c1-3-10-25-14(2)11-20-18(24)22-9-8-21(17(23)13-22)12-15-4-6-16(19)7-5-15/h4-7,14H,3,8-13H2,1-2H3,(H,20,24)/t14-/m1/s1. The minimum absolute atomic E-state index is 0.0528. The van der Waals surface area contributed by atoms with Crippen molar-refractivity contribution >= 4 is 11.9 Å². The van der Waals surface area contributed by atoms with E-state index in [4.69, 9.17) is 4.74 Å². The lowest BCUT2D eigenvalue weighted by atomic mass is 10.2. The molecular weight excluding hydrogens is 325 g/mol. The number of nitrogens with one attached hydrogen (secondary N) is 1. The normalized spacial score (nSPS) is 16.0. The van der Waals surface area contributed by atoms with Gasteiger partial charge in [-0.15, -0.1) is 0 Å². The summed E-state index contributed by atoms with van der Waals surface area (Å²) in [5, 5.41) is 2.80. The zero-order valence-corrected chi connectivity index (χ0v) is 14.8. The topological polar surface area (TPSA) is 61.9 Å². The van der Waals surface area contributed by atoms with Crippen LogP contribution < -0.4 is 5.32 Å². The number of hydrogen-bond acceptors (Lipinski definition) is 3. The molecule has 0 aliphatic carbocycles. The molecule has 1 N–H and O–H groups in total. The van der Waals surface area contributed by atoms with E-state index in [2.05, 4.69) is 5.32 Å². The molecular formula is C18H26FN3O3. The molecule has 0 aromatic heterocycles. The molecule has 3 amide bonds. The number of benzene rings is 1. The van der Waals surface area contributed by atoms with Crippen molar-refractivity contribution in [3.05, 3.63) is 35.6 Å². The largest absolute Gasteiger partial charge is 0.377 e. The van der Waals surface area contributed by atoms with Gasteiger partial charge in [0.1, 0.15) is 12.4 Å². The zero-order valence-electron chi connectivity index (χ0n) is 14.8. The van der Waals surface area contributed by atoms with Gasteiger partial charge >= 0.3 is 6.03 Å². The molecule has 25 heavy (non-hydrogen) atoms. The second kappa shape index (κ2) is 9.36. The van der Waals surface area contributed by atoms with E-state index in [1.807, 2.05) is 13.8 Å². The molecule has 1 atom stereocenters. The fraction of sp³-hybridized carbons (Fsp3) is 0.556. The fourth-order valence-corrected chi connectivity index (χ4v) is 2.58. The molecule has 1 fully saturated rings. The summed E-state index contributed by atoms with van der Waals surface area (Å²) in [5.41, 5.74) is 0.870. The van der Waals surface area contributed by atoms with Crippen molar-refractivity contribution in [2.75, 3.05) is 32.8 Å². The maximum Gasteiger partial charge on any atom is 0.318 e. The van der Waals surface area contributed by atoms with Gasteiger partial charge in [0.2, 0.25) is 5.91 Å². The molecule has 1 aromatic rings. The average molecular weight is 351 g/mol. The van der Waals surface area contributed by atoms with Gasteiger partial charge in [-0.3, -0.25) is 4.79 Å². The van der Waals surface area contributed by atoms with Gasteiger partial charge in [-0.2, -0.15) is 0 Å². The van der Waals surface area contributed by atoms with E-state index in [1.54, 1.807) is 17.0 Å². The molecule has 6 nitrogen and oxygen atoms in total. The Hall–Kier alpha value is -2.15. The average Bonchev–Trinajstić information content (AvgIpc) is 2.61. The number of carbonyl (C=O) groups is 2. The van der Waals surface area contributed by atoms with E-state index in [0.717, 1.165) is 12.0 Å². The van der Waals surface area contributed by atoms with Gasteiger partial charge in [0.05, 0.1) is 6.10 Å². The SMILES string of the molecule is CCCO[C@H](C)CNC(=O)N1CCN(Cc2ccc(F)cc2)C(=O)C1. The molecule has 7 heteroatoms. The Balaban J connectivity index is 1.77. The highest BCUT2D eigenvalue weighted by molar-refractivity contribution is 5.85. The predicted molar refractivity (Wildman–Crippen MR) is 92.5 cm³/mol. The first kappa shape index (κ1) is 19.2. The number of amides is 3. The van der Waals surface area contributed by atoms with Crippen molar-refractivity contribution in [1.29, 1.82) is 0 Å². The van der Waals surface area contributed by atoms with E-state index in [1.165, 1.54) is 17.0 Å². The van der Waals surface area contributed by atoms with Crippen LogP contribution in [-0.4, -0.2) is 60.6 Å². The summed E-state index contributed by atoms with van der Waals surface area (Å²) in [6, 6.07) is 5.84. The number of halogens is 1. The van der Waals surface area contributed by atoms with Gasteiger partial charge in [0.25, 0.3) is 0 Å². The lowest BCUT2D eigenvalue weighted by Crippen LogP contribution is -2.54. The Kier molecular flexibility index (Phi) is 7.18. The van der Waals surface area contributed by atoms with Gasteiger partial charge in [0.15, 0.2) is 0 Å². The van der Waals surface area contributed by atoms with Crippen molar-refractivity contribution in [3.8, 4) is 0 Å². The number of nitrogens with zero attached hydrogens (tertiary/aromatic N) is 2. The molecule has 0 radical (unpaired) electrons. The number of urea groups is 1. The highest BCUT2D eigenvalue weighted by Crippen LogP contribution is 2.11. The van der Waals surface area contributed by atoms with Crippen LogP contribution in [0, 0.1) is 5.82 Å². The number of hydrogen-bond donors (Lipinski definition) is 1. The summed E-state index contributed by atoms with van der Waals surface area (Å²) in [6.45, 7) is 6.44. The molecule has 1 aliphatic rings. The highest BCUT2D eigenvalue weighted by atomic mass is 19.1. The zero-order chi connectivity index (χ0) is 18.2. The summed E-state index contributed by atoms with van der Waals surface area (Å²) in [5.74, 6) is -0.408. The van der Waals surface area contributed by atoms with Crippen molar-refractivity contribution in [1.82, 2.24) is 15.1 Å². The minimum Gasteiger partial charge on any atom is -0.377 e. The van der Waals surface area contributed by atoms with Crippen molar-refractivity contribution < 1.29 is 18.7 Å². The van der Waals surface area contributed by atoms with Crippen LogP contribution in [0.25, 0.3) is 0 Å². The molecule has 1 aliphatic heterocycles. The molecule has 1 aromatic carbocycles. The van der Waals surface area contributed by atoms with Crippen molar-refractivity contribution in [2.45, 2.75) is 32.9 Å². The van der Waals surface area contributed by atoms with Crippen molar-refractivity contribution in [3.63, 3.8) is 0 Å². The number of ether oxygens (including phenoxy) is 1. The van der Waals surface area contributed by atoms with Gasteiger partial charge in [-0.1, -0.05) is 19.1 Å². The van der Waals surface area contributed by atoms with Crippen LogP contribution in [0.5, 0.6) is 0 Å². The summed E-state index contributed by atoms with van der Waals surface area (Å²) >= 11 is 0. The number of carbonyl (C=O) groups excluding carboxylic acids is 2. The van der Waals surface area contributed by atoms with Crippen LogP contribution in [0.1, 0.15) is 25.8 Å². The van der Waals surface area contributed by atoms with Crippen LogP contribution in [0.4, 0.5) is 9.18 Å². The Morgan fingerprint density at radius 2 is 2.04 bits per heavy atom. The maximum atomic E-state index is 12.9. The van der Waals surface area contributed by atoms with Crippen LogP contribution in [0.2, 0.25) is 0 Å². The second-order valence-corrected chi connectivity index (χ2v) is 6.23. The molecule has 0 saturated carbocycles. The van der Waals surface area contributed by atoms with Gasteiger partial charge < -0.3 is 19.9 Å². The highest BCUT2D eigenvalue weighted by Gasteiger charge is 2.27. The predicted octanol–water partition coefficient (Wildman–Crippen LogP) is 1.99. The molecule has 0 bridgehead atoms. The summed E-state index contributed by atoms with van der Waals surface area (Å²) in [7, 11) is 0. The van der Waals surface area contributed by atoms with E-state index in [9.17, 15) is 14.0 Å². The molecule has 0 unspecified atom stereocenters. The van der Waals surface area contributed by atoms with Crippen LogP contribution in [0.3, 0.4) is 0 Å². The molecule has 0 spiro atoms. The number of piperazine rings is 1. The number of rotatable bonds is 7. The van der Waals surface area contributed by atoms with Crippen LogP contribution in [-0.2, 0) is 16.1 Å². The van der Waals surface area contributed by atoms with Crippen LogP contribution in [0.15, 0.2) is 24.3 Å². The Bertz CT molecular complexity index is 579. The fourth-order valence-electron chi connectivity index (χ4n) is 2.58. The Morgan fingerprint density at radius 1 is 1.32 bits per heavy atom. The van der Waals surface area contributed by atoms with Crippen LogP contribution >= 0.6 is 0 Å². The lowest BCUT2D eigenvalue weighted by molar-refractivity contribution is -0.135. The van der Waals surface area contributed by atoms with E-state index in [-0.39, 0.29) is 30.4 Å². The van der Waals surface area contributed by atoms with E-state index in [0.29, 0.717) is 32.8 Å². The summed E-state index contributed by atoms with van der Waals surface area (Å²) in [6.07, 6.45) is 0.877. The minimum atomic E-state index is -0.297. The van der Waals surface area contributed by atoms with Gasteiger partial charge in [-0.25, -0.2) is 9.18 Å². The smallest absolute Gasteiger partial charge is 0.318 e. The summed E-state index contributed by atoms with van der Waals surface area (Å²) in [4.78, 5) is 27.6. The summed E-state index contributed by atoms with van der Waals surface area (Å²) < 4.78 is 18.4. The quantitative estimate of drug-likeness (QED) is 0.817. The molecule has 2 rings (SSSR count). The van der Waals surface area contributed by atoms with Crippen molar-refractivity contribution in [2.24, 2.45) is 0 Å². The Morgan fingerprint density at radius 3 is 2.68 bits per heavy atom. The first-order valence-corrected chi connectivity index (χ1v) is 8.66. The third kappa shape index (κ3) is 6.01. The third-order valence-corrected chi connectivity index (χ3v) is 4.04. The molecule has 1 saturated heterocycles. The van der Waals surface area contributed by atoms with Gasteiger partial charge in [-0.05, 0) is 31.0 Å². The molecule has 138 valence electrons.